The maximum atomic E-state index is 12.2. The topological polar surface area (TPSA) is 120 Å². The number of thioether (sulfide) groups is 1. The summed E-state index contributed by atoms with van der Waals surface area (Å²) in [6.45, 7) is 0. The zero-order chi connectivity index (χ0) is 20.1. The number of hydrogen-bond acceptors (Lipinski definition) is 8. The standard InChI is InChI=1S/C17H13BrN4O5S/c1-26-14-6-5-12(22(24)25)8-13(14)19-15(23)9-28-17-21-20-16(27-17)10-3-2-4-11(18)7-10/h2-8H,9H2,1H3,(H,19,23). The number of nitro benzene ring substituents is 1. The zero-order valence-corrected chi connectivity index (χ0v) is 16.8. The number of carbonyl (C=O) groups excluding carboxylic acids is 1. The summed E-state index contributed by atoms with van der Waals surface area (Å²) in [6.07, 6.45) is 0. The second-order valence-electron chi connectivity index (χ2n) is 5.36. The molecule has 0 saturated carbocycles. The molecule has 3 rings (SSSR count). The van der Waals surface area contributed by atoms with Gasteiger partial charge in [0.25, 0.3) is 10.9 Å². The maximum Gasteiger partial charge on any atom is 0.277 e. The third kappa shape index (κ3) is 4.87. The lowest BCUT2D eigenvalue weighted by atomic mass is 10.2. The molecule has 3 aromatic rings. The molecule has 1 aromatic heterocycles. The van der Waals surface area contributed by atoms with E-state index in [-0.39, 0.29) is 22.4 Å². The fourth-order valence-electron chi connectivity index (χ4n) is 2.23. The molecule has 0 aliphatic carbocycles. The normalized spacial score (nSPS) is 10.5. The number of rotatable bonds is 7. The Morgan fingerprint density at radius 1 is 1.32 bits per heavy atom. The number of aromatic nitrogens is 2. The molecule has 11 heteroatoms. The molecule has 9 nitrogen and oxygen atoms in total. The van der Waals surface area contributed by atoms with Crippen LogP contribution in [0.4, 0.5) is 11.4 Å². The van der Waals surface area contributed by atoms with Crippen molar-refractivity contribution >= 4 is 45.0 Å². The lowest BCUT2D eigenvalue weighted by Crippen LogP contribution is -2.14. The van der Waals surface area contributed by atoms with Gasteiger partial charge in [-0.25, -0.2) is 0 Å². The van der Waals surface area contributed by atoms with Crippen LogP contribution in [-0.4, -0.2) is 33.9 Å². The minimum Gasteiger partial charge on any atom is -0.495 e. The first-order valence-corrected chi connectivity index (χ1v) is 9.58. The fraction of sp³-hybridized carbons (Fsp3) is 0.118. The van der Waals surface area contributed by atoms with E-state index in [4.69, 9.17) is 9.15 Å². The van der Waals surface area contributed by atoms with Gasteiger partial charge < -0.3 is 14.5 Å². The van der Waals surface area contributed by atoms with Crippen molar-refractivity contribution in [1.29, 1.82) is 0 Å². The molecule has 0 aliphatic heterocycles. The molecular weight excluding hydrogens is 452 g/mol. The molecule has 2 aromatic carbocycles. The van der Waals surface area contributed by atoms with E-state index in [1.165, 1.54) is 25.3 Å². The van der Waals surface area contributed by atoms with Gasteiger partial charge in [-0.1, -0.05) is 33.8 Å². The van der Waals surface area contributed by atoms with Gasteiger partial charge in [-0.3, -0.25) is 14.9 Å². The van der Waals surface area contributed by atoms with Crippen LogP contribution in [0.3, 0.4) is 0 Å². The number of nitro groups is 1. The number of hydrogen-bond donors (Lipinski definition) is 1. The molecular formula is C17H13BrN4O5S. The number of non-ortho nitro benzene ring substituents is 1. The molecule has 28 heavy (non-hydrogen) atoms. The lowest BCUT2D eigenvalue weighted by Gasteiger charge is -2.09. The Morgan fingerprint density at radius 3 is 2.86 bits per heavy atom. The van der Waals surface area contributed by atoms with Crippen molar-refractivity contribution in [2.24, 2.45) is 0 Å². The number of nitrogens with zero attached hydrogens (tertiary/aromatic N) is 3. The molecule has 1 N–H and O–H groups in total. The van der Waals surface area contributed by atoms with Crippen molar-refractivity contribution in [1.82, 2.24) is 10.2 Å². The van der Waals surface area contributed by atoms with E-state index < -0.39 is 10.8 Å². The van der Waals surface area contributed by atoms with Gasteiger partial charge in [-0.05, 0) is 24.3 Å². The molecule has 0 atom stereocenters. The van der Waals surface area contributed by atoms with Gasteiger partial charge in [0.2, 0.25) is 11.8 Å². The zero-order valence-electron chi connectivity index (χ0n) is 14.4. The van der Waals surface area contributed by atoms with Gasteiger partial charge in [0, 0.05) is 22.2 Å². The smallest absolute Gasteiger partial charge is 0.277 e. The Balaban J connectivity index is 1.64. The fourth-order valence-corrected chi connectivity index (χ4v) is 3.19. The number of benzene rings is 2. The number of amides is 1. The first-order chi connectivity index (χ1) is 13.5. The number of anilines is 1. The minimum absolute atomic E-state index is 0.0219. The molecule has 0 spiro atoms. The number of ether oxygens (including phenoxy) is 1. The summed E-state index contributed by atoms with van der Waals surface area (Å²) in [5.41, 5.74) is 0.807. The van der Waals surface area contributed by atoms with Gasteiger partial charge in [-0.15, -0.1) is 10.2 Å². The largest absolute Gasteiger partial charge is 0.495 e. The molecule has 0 saturated heterocycles. The van der Waals surface area contributed by atoms with Crippen LogP contribution in [0.25, 0.3) is 11.5 Å². The van der Waals surface area contributed by atoms with E-state index >= 15 is 0 Å². The molecule has 0 radical (unpaired) electrons. The van der Waals surface area contributed by atoms with Gasteiger partial charge in [0.05, 0.1) is 23.5 Å². The predicted molar refractivity (Wildman–Crippen MR) is 106 cm³/mol. The van der Waals surface area contributed by atoms with Gasteiger partial charge in [0.15, 0.2) is 0 Å². The van der Waals surface area contributed by atoms with Crippen molar-refractivity contribution in [3.63, 3.8) is 0 Å². The van der Waals surface area contributed by atoms with E-state index in [1.54, 1.807) is 0 Å². The van der Waals surface area contributed by atoms with Crippen molar-refractivity contribution in [3.8, 4) is 17.2 Å². The van der Waals surface area contributed by atoms with Crippen molar-refractivity contribution in [2.75, 3.05) is 18.2 Å². The molecule has 144 valence electrons. The third-order valence-electron chi connectivity index (χ3n) is 3.47. The van der Waals surface area contributed by atoms with Gasteiger partial charge >= 0.3 is 0 Å². The number of methoxy groups -OCH3 is 1. The highest BCUT2D eigenvalue weighted by molar-refractivity contribution is 9.10. The molecule has 0 bridgehead atoms. The first-order valence-electron chi connectivity index (χ1n) is 7.81. The summed E-state index contributed by atoms with van der Waals surface area (Å²) in [4.78, 5) is 22.6. The number of carbonyl (C=O) groups is 1. The SMILES string of the molecule is COc1ccc([N+](=O)[O-])cc1NC(=O)CSc1nnc(-c2cccc(Br)c2)o1. The van der Waals surface area contributed by atoms with E-state index in [9.17, 15) is 14.9 Å². The number of nitrogens with one attached hydrogen (secondary N) is 1. The third-order valence-corrected chi connectivity index (χ3v) is 4.78. The summed E-state index contributed by atoms with van der Waals surface area (Å²) in [7, 11) is 1.41. The summed E-state index contributed by atoms with van der Waals surface area (Å²) in [5.74, 6) is 0.237. The molecule has 1 amide bonds. The molecule has 0 fully saturated rings. The van der Waals surface area contributed by atoms with E-state index in [0.717, 1.165) is 21.8 Å². The van der Waals surface area contributed by atoms with Crippen LogP contribution in [-0.2, 0) is 4.79 Å². The quantitative estimate of drug-likeness (QED) is 0.314. The van der Waals surface area contributed by atoms with Crippen molar-refractivity contribution in [2.45, 2.75) is 5.22 Å². The Bertz CT molecular complexity index is 1030. The highest BCUT2D eigenvalue weighted by atomic mass is 79.9. The highest BCUT2D eigenvalue weighted by Gasteiger charge is 2.15. The molecule has 1 heterocycles. The van der Waals surface area contributed by atoms with Crippen LogP contribution >= 0.6 is 27.7 Å². The lowest BCUT2D eigenvalue weighted by molar-refractivity contribution is -0.384. The Hall–Kier alpha value is -2.92. The monoisotopic (exact) mass is 464 g/mol. The first kappa shape index (κ1) is 19.8. The Kier molecular flexibility index (Phi) is 6.26. The van der Waals surface area contributed by atoms with Crippen molar-refractivity contribution in [3.05, 3.63) is 57.1 Å². The van der Waals surface area contributed by atoms with E-state index in [0.29, 0.717) is 11.6 Å². The van der Waals surface area contributed by atoms with E-state index in [2.05, 4.69) is 31.4 Å². The van der Waals surface area contributed by atoms with Gasteiger partial charge in [-0.2, -0.15) is 0 Å². The maximum absolute atomic E-state index is 12.2. The average molecular weight is 465 g/mol. The van der Waals surface area contributed by atoms with Crippen LogP contribution in [0.15, 0.2) is 56.6 Å². The highest BCUT2D eigenvalue weighted by Crippen LogP contribution is 2.29. The molecule has 0 aliphatic rings. The summed E-state index contributed by atoms with van der Waals surface area (Å²) < 4.78 is 11.5. The van der Waals surface area contributed by atoms with Crippen LogP contribution in [0, 0.1) is 10.1 Å². The second-order valence-corrected chi connectivity index (χ2v) is 7.20. The second kappa shape index (κ2) is 8.85. The van der Waals surface area contributed by atoms with Crippen molar-refractivity contribution < 1.29 is 18.9 Å². The summed E-state index contributed by atoms with van der Waals surface area (Å²) in [5, 5.41) is 21.6. The number of halogens is 1. The van der Waals surface area contributed by atoms with Crippen LogP contribution in [0.5, 0.6) is 5.75 Å². The van der Waals surface area contributed by atoms with Crippen LogP contribution in [0.2, 0.25) is 0 Å². The Labute approximate surface area is 171 Å². The van der Waals surface area contributed by atoms with E-state index in [1.807, 2.05) is 24.3 Å². The summed E-state index contributed by atoms with van der Waals surface area (Å²) in [6, 6.07) is 11.3. The van der Waals surface area contributed by atoms with Crippen LogP contribution < -0.4 is 10.1 Å². The predicted octanol–water partition coefficient (Wildman–Crippen LogP) is 4.15. The molecule has 0 unspecified atom stereocenters. The Morgan fingerprint density at radius 2 is 2.14 bits per heavy atom. The van der Waals surface area contributed by atoms with Gasteiger partial charge in [0.1, 0.15) is 5.75 Å². The minimum atomic E-state index is -0.550. The average Bonchev–Trinajstić information content (AvgIpc) is 3.15. The summed E-state index contributed by atoms with van der Waals surface area (Å²) >= 11 is 4.43. The van der Waals surface area contributed by atoms with Crippen LogP contribution in [0.1, 0.15) is 0 Å².